The summed E-state index contributed by atoms with van der Waals surface area (Å²) in [6, 6.07) is 12.0. The number of hydrogen-bond acceptors (Lipinski definition) is 4. The molecule has 0 spiro atoms. The second kappa shape index (κ2) is 8.82. The van der Waals surface area contributed by atoms with Crippen molar-refractivity contribution in [2.45, 2.75) is 45.4 Å². The molecule has 2 aromatic rings. The highest BCUT2D eigenvalue weighted by molar-refractivity contribution is 6.22. The van der Waals surface area contributed by atoms with Gasteiger partial charge in [-0.15, -0.1) is 0 Å². The summed E-state index contributed by atoms with van der Waals surface area (Å²) >= 11 is 0. The number of allylic oxidation sites excluding steroid dienone is 2. The molecule has 142 valence electrons. The normalized spacial score (nSPS) is 17.3. The molecule has 0 amide bonds. The van der Waals surface area contributed by atoms with Gasteiger partial charge in [-0.05, 0) is 43.0 Å². The van der Waals surface area contributed by atoms with E-state index in [-0.39, 0.29) is 17.5 Å². The predicted molar refractivity (Wildman–Crippen MR) is 104 cm³/mol. The number of rotatable bonds is 7. The van der Waals surface area contributed by atoms with Crippen molar-refractivity contribution in [3.8, 4) is 5.69 Å². The molecule has 0 bridgehead atoms. The van der Waals surface area contributed by atoms with Crippen LogP contribution < -0.4 is 5.48 Å². The fraction of sp³-hybridized carbons (Fsp3) is 0.364. The number of carbonyl (C=O) groups is 2. The first-order valence-corrected chi connectivity index (χ1v) is 9.54. The number of para-hydroxylation sites is 1. The van der Waals surface area contributed by atoms with Crippen molar-refractivity contribution in [2.75, 3.05) is 6.61 Å². The summed E-state index contributed by atoms with van der Waals surface area (Å²) in [5, 5.41) is 0. The Bertz CT molecular complexity index is 816. The fourth-order valence-electron chi connectivity index (χ4n) is 3.50. The van der Waals surface area contributed by atoms with Gasteiger partial charge in [-0.2, -0.15) is 0 Å². The maximum Gasteiger partial charge on any atom is 0.168 e. The Labute approximate surface area is 160 Å². The van der Waals surface area contributed by atoms with Crippen molar-refractivity contribution in [3.05, 3.63) is 65.6 Å². The molecular weight excluding hydrogens is 340 g/mol. The molecule has 1 N–H and O–H groups in total. The summed E-state index contributed by atoms with van der Waals surface area (Å²) < 4.78 is 2.02. The summed E-state index contributed by atoms with van der Waals surface area (Å²) in [5.41, 5.74) is 5.81. The third-order valence-electron chi connectivity index (χ3n) is 4.80. The lowest BCUT2D eigenvalue weighted by Gasteiger charge is -2.24. The number of aromatic nitrogens is 1. The van der Waals surface area contributed by atoms with Crippen LogP contribution in [0, 0.1) is 0 Å². The minimum absolute atomic E-state index is 0.0753. The van der Waals surface area contributed by atoms with Crippen LogP contribution in [-0.4, -0.2) is 22.7 Å². The summed E-state index contributed by atoms with van der Waals surface area (Å²) in [5.74, 6) is -0.271. The summed E-state index contributed by atoms with van der Waals surface area (Å²) in [4.78, 5) is 30.8. The zero-order valence-corrected chi connectivity index (χ0v) is 15.9. The Hall–Kier alpha value is -2.66. The highest BCUT2D eigenvalue weighted by Crippen LogP contribution is 2.33. The van der Waals surface area contributed by atoms with Crippen molar-refractivity contribution < 1.29 is 14.4 Å². The first-order chi connectivity index (χ1) is 13.1. The lowest BCUT2D eigenvalue weighted by molar-refractivity contribution is -0.124. The SMILES string of the molecule is CCCC(NOCC)=C1C(=O)CC(c2ccn(-c3ccccc3)c2)CC1=O. The van der Waals surface area contributed by atoms with Crippen molar-refractivity contribution in [2.24, 2.45) is 0 Å². The number of hydrogen-bond donors (Lipinski definition) is 1. The van der Waals surface area contributed by atoms with Crippen molar-refractivity contribution in [1.82, 2.24) is 10.0 Å². The summed E-state index contributed by atoms with van der Waals surface area (Å²) in [6.45, 7) is 4.35. The molecule has 0 saturated heterocycles. The van der Waals surface area contributed by atoms with Gasteiger partial charge >= 0.3 is 0 Å². The second-order valence-electron chi connectivity index (χ2n) is 6.78. The lowest BCUT2D eigenvalue weighted by Crippen LogP contribution is -2.29. The Morgan fingerprint density at radius 1 is 1.11 bits per heavy atom. The minimum Gasteiger partial charge on any atom is -0.324 e. The molecule has 0 radical (unpaired) electrons. The second-order valence-corrected chi connectivity index (χ2v) is 6.78. The Balaban J connectivity index is 1.80. The number of nitrogens with one attached hydrogen (secondary N) is 1. The highest BCUT2D eigenvalue weighted by atomic mass is 16.6. The molecule has 0 atom stereocenters. The fourth-order valence-corrected chi connectivity index (χ4v) is 3.50. The van der Waals surface area contributed by atoms with E-state index in [0.717, 1.165) is 17.7 Å². The number of hydroxylamine groups is 1. The molecule has 1 aliphatic rings. The molecule has 5 heteroatoms. The van der Waals surface area contributed by atoms with Crippen LogP contribution in [0.3, 0.4) is 0 Å². The third kappa shape index (κ3) is 4.37. The number of benzene rings is 1. The van der Waals surface area contributed by atoms with Gasteiger partial charge in [-0.25, -0.2) is 0 Å². The van der Waals surface area contributed by atoms with Gasteiger partial charge in [-0.1, -0.05) is 31.5 Å². The number of Topliss-reactive ketones (excluding diaryl/α,β-unsaturated/α-hetero) is 2. The van der Waals surface area contributed by atoms with Crippen LogP contribution in [0.5, 0.6) is 0 Å². The van der Waals surface area contributed by atoms with Gasteiger partial charge in [0.15, 0.2) is 11.6 Å². The maximum atomic E-state index is 12.8. The van der Waals surface area contributed by atoms with Gasteiger partial charge in [-0.3, -0.25) is 19.9 Å². The zero-order chi connectivity index (χ0) is 19.2. The molecule has 1 heterocycles. The van der Waals surface area contributed by atoms with Crippen LogP contribution in [-0.2, 0) is 14.4 Å². The minimum atomic E-state index is -0.0978. The van der Waals surface area contributed by atoms with Crippen LogP contribution in [0.1, 0.15) is 51.0 Å². The molecule has 0 unspecified atom stereocenters. The topological polar surface area (TPSA) is 60.3 Å². The van der Waals surface area contributed by atoms with E-state index in [4.69, 9.17) is 4.84 Å². The molecule has 1 fully saturated rings. The standard InChI is InChI=1S/C22H26N2O3/c1-3-8-19(23-27-4-2)22-20(25)13-17(14-21(22)26)16-11-12-24(15-16)18-9-6-5-7-10-18/h5-7,9-12,15,17,23H,3-4,8,13-14H2,1-2H3. The van der Waals surface area contributed by atoms with Gasteiger partial charge in [0.25, 0.3) is 0 Å². The molecule has 0 aliphatic heterocycles. The van der Waals surface area contributed by atoms with Crippen LogP contribution in [0.4, 0.5) is 0 Å². The molecule has 1 saturated carbocycles. The molecule has 1 aliphatic carbocycles. The van der Waals surface area contributed by atoms with Gasteiger partial charge in [0.05, 0.1) is 17.9 Å². The van der Waals surface area contributed by atoms with E-state index < -0.39 is 0 Å². The highest BCUT2D eigenvalue weighted by Gasteiger charge is 2.34. The molecule has 5 nitrogen and oxygen atoms in total. The van der Waals surface area contributed by atoms with Crippen LogP contribution in [0.25, 0.3) is 5.69 Å². The van der Waals surface area contributed by atoms with E-state index in [9.17, 15) is 9.59 Å². The number of nitrogens with zero attached hydrogens (tertiary/aromatic N) is 1. The van der Waals surface area contributed by atoms with Crippen LogP contribution >= 0.6 is 0 Å². The molecular formula is C22H26N2O3. The average Bonchev–Trinajstić information content (AvgIpc) is 3.16. The van der Waals surface area contributed by atoms with Gasteiger partial charge < -0.3 is 4.57 Å². The Morgan fingerprint density at radius 2 is 1.81 bits per heavy atom. The third-order valence-corrected chi connectivity index (χ3v) is 4.80. The maximum absolute atomic E-state index is 12.8. The van der Waals surface area contributed by atoms with E-state index in [2.05, 4.69) is 5.48 Å². The van der Waals surface area contributed by atoms with E-state index in [0.29, 0.717) is 37.1 Å². The smallest absolute Gasteiger partial charge is 0.168 e. The first kappa shape index (κ1) is 19.1. The monoisotopic (exact) mass is 366 g/mol. The molecule has 1 aromatic carbocycles. The van der Waals surface area contributed by atoms with E-state index >= 15 is 0 Å². The van der Waals surface area contributed by atoms with Crippen molar-refractivity contribution in [1.29, 1.82) is 0 Å². The van der Waals surface area contributed by atoms with Gasteiger partial charge in [0.2, 0.25) is 0 Å². The van der Waals surface area contributed by atoms with E-state index in [1.165, 1.54) is 0 Å². The molecule has 1 aromatic heterocycles. The number of ketones is 2. The zero-order valence-electron chi connectivity index (χ0n) is 15.9. The van der Waals surface area contributed by atoms with Gasteiger partial charge in [0, 0.05) is 30.9 Å². The van der Waals surface area contributed by atoms with Crippen LogP contribution in [0.15, 0.2) is 60.1 Å². The van der Waals surface area contributed by atoms with Crippen LogP contribution in [0.2, 0.25) is 0 Å². The summed E-state index contributed by atoms with van der Waals surface area (Å²) in [6.07, 6.45) is 6.15. The Kier molecular flexibility index (Phi) is 6.24. The number of carbonyl (C=O) groups excluding carboxylic acids is 2. The first-order valence-electron chi connectivity index (χ1n) is 9.54. The Morgan fingerprint density at radius 3 is 2.44 bits per heavy atom. The lowest BCUT2D eigenvalue weighted by atomic mass is 9.80. The summed E-state index contributed by atoms with van der Waals surface area (Å²) in [7, 11) is 0. The largest absolute Gasteiger partial charge is 0.324 e. The molecule has 27 heavy (non-hydrogen) atoms. The van der Waals surface area contributed by atoms with Gasteiger partial charge in [0.1, 0.15) is 0 Å². The average molecular weight is 366 g/mol. The van der Waals surface area contributed by atoms with E-state index in [1.807, 2.05) is 67.2 Å². The molecule has 3 rings (SSSR count). The predicted octanol–water partition coefficient (Wildman–Crippen LogP) is 4.09. The van der Waals surface area contributed by atoms with E-state index in [1.54, 1.807) is 0 Å². The van der Waals surface area contributed by atoms with Crippen molar-refractivity contribution >= 4 is 11.6 Å². The van der Waals surface area contributed by atoms with Crippen molar-refractivity contribution in [3.63, 3.8) is 0 Å². The quantitative estimate of drug-likeness (QED) is 0.455.